The molecule has 0 N–H and O–H groups in total. The van der Waals surface area contributed by atoms with Crippen molar-refractivity contribution in [3.8, 4) is 0 Å². The van der Waals surface area contributed by atoms with Gasteiger partial charge >= 0.3 is 0 Å². The summed E-state index contributed by atoms with van der Waals surface area (Å²) in [6.45, 7) is 6.97. The van der Waals surface area contributed by atoms with Gasteiger partial charge in [0.25, 0.3) is 0 Å². The molecular weight excluding hydrogens is 226 g/mol. The lowest BCUT2D eigenvalue weighted by molar-refractivity contribution is -0.131. The van der Waals surface area contributed by atoms with Gasteiger partial charge in [0.05, 0.1) is 18.6 Å². The van der Waals surface area contributed by atoms with Crippen molar-refractivity contribution in [3.05, 3.63) is 18.2 Å². The van der Waals surface area contributed by atoms with Crippen molar-refractivity contribution in [1.82, 2.24) is 14.5 Å². The Morgan fingerprint density at radius 1 is 1.33 bits per heavy atom. The Kier molecular flexibility index (Phi) is 4.39. The number of hydrogen-bond donors (Lipinski definition) is 0. The Morgan fingerprint density at radius 3 is 2.94 bits per heavy atom. The maximum atomic E-state index is 12.0. The second-order valence-corrected chi connectivity index (χ2v) is 5.56. The molecule has 2 heterocycles. The van der Waals surface area contributed by atoms with Crippen molar-refractivity contribution in [2.24, 2.45) is 5.92 Å². The Hall–Kier alpha value is -1.32. The van der Waals surface area contributed by atoms with Crippen LogP contribution in [-0.2, 0) is 17.9 Å². The number of likely N-dealkylation sites (tertiary alicyclic amines) is 1. The zero-order chi connectivity index (χ0) is 13.0. The molecule has 4 heteroatoms. The van der Waals surface area contributed by atoms with Gasteiger partial charge in [0.1, 0.15) is 0 Å². The average molecular weight is 249 g/mol. The van der Waals surface area contributed by atoms with Gasteiger partial charge in [0, 0.05) is 25.7 Å². The van der Waals surface area contributed by atoms with Crippen molar-refractivity contribution < 1.29 is 4.79 Å². The van der Waals surface area contributed by atoms with Gasteiger partial charge in [-0.1, -0.05) is 20.3 Å². The van der Waals surface area contributed by atoms with E-state index in [1.807, 2.05) is 17.4 Å². The van der Waals surface area contributed by atoms with Crippen LogP contribution >= 0.6 is 0 Å². The van der Waals surface area contributed by atoms with E-state index >= 15 is 0 Å². The largest absolute Gasteiger partial charge is 0.337 e. The van der Waals surface area contributed by atoms with Crippen LogP contribution < -0.4 is 0 Å². The normalized spacial score (nSPS) is 17.3. The molecule has 100 valence electrons. The molecule has 2 rings (SSSR count). The van der Waals surface area contributed by atoms with E-state index < -0.39 is 0 Å². The molecule has 0 spiro atoms. The number of amides is 1. The van der Waals surface area contributed by atoms with Crippen LogP contribution in [0.2, 0.25) is 0 Å². The number of carbonyl (C=O) groups is 1. The lowest BCUT2D eigenvalue weighted by Gasteiger charge is -2.21. The molecule has 0 aromatic carbocycles. The lowest BCUT2D eigenvalue weighted by atomic mass is 10.2. The number of imidazole rings is 1. The van der Waals surface area contributed by atoms with E-state index in [1.54, 1.807) is 0 Å². The van der Waals surface area contributed by atoms with E-state index in [-0.39, 0.29) is 0 Å². The standard InChI is InChI=1S/C14H23N3O/c1-12(2)9-17-11-15-8-13(17)10-16-7-5-3-4-6-14(16)18/h8,11-12H,3-7,9-10H2,1-2H3. The van der Waals surface area contributed by atoms with Crippen molar-refractivity contribution in [1.29, 1.82) is 0 Å². The highest BCUT2D eigenvalue weighted by molar-refractivity contribution is 5.76. The van der Waals surface area contributed by atoms with Crippen molar-refractivity contribution in [2.75, 3.05) is 6.54 Å². The molecule has 0 unspecified atom stereocenters. The second kappa shape index (κ2) is 6.03. The highest BCUT2D eigenvalue weighted by atomic mass is 16.2. The van der Waals surface area contributed by atoms with Crippen LogP contribution in [0.4, 0.5) is 0 Å². The Balaban J connectivity index is 2.03. The first-order chi connectivity index (χ1) is 8.66. The monoisotopic (exact) mass is 249 g/mol. The molecule has 1 aromatic rings. The highest BCUT2D eigenvalue weighted by Crippen LogP contribution is 2.15. The first-order valence-electron chi connectivity index (χ1n) is 6.93. The number of rotatable bonds is 4. The number of nitrogens with zero attached hydrogens (tertiary/aromatic N) is 3. The fraction of sp³-hybridized carbons (Fsp3) is 0.714. The van der Waals surface area contributed by atoms with Crippen molar-refractivity contribution in [2.45, 2.75) is 52.6 Å². The van der Waals surface area contributed by atoms with Crippen LogP contribution in [0.3, 0.4) is 0 Å². The third-order valence-corrected chi connectivity index (χ3v) is 3.38. The first kappa shape index (κ1) is 13.1. The second-order valence-electron chi connectivity index (χ2n) is 5.56. The minimum atomic E-state index is 0.296. The highest BCUT2D eigenvalue weighted by Gasteiger charge is 2.18. The summed E-state index contributed by atoms with van der Waals surface area (Å²) in [6.07, 6.45) is 7.81. The van der Waals surface area contributed by atoms with E-state index in [4.69, 9.17) is 0 Å². The molecule has 1 fully saturated rings. The van der Waals surface area contributed by atoms with Crippen LogP contribution in [0, 0.1) is 5.92 Å². The van der Waals surface area contributed by atoms with Gasteiger partial charge in [-0.25, -0.2) is 4.98 Å². The van der Waals surface area contributed by atoms with Gasteiger partial charge in [-0.2, -0.15) is 0 Å². The maximum absolute atomic E-state index is 12.0. The van der Waals surface area contributed by atoms with Crippen molar-refractivity contribution >= 4 is 5.91 Å². The van der Waals surface area contributed by atoms with Gasteiger partial charge in [0.15, 0.2) is 0 Å². The fourth-order valence-corrected chi connectivity index (χ4v) is 2.44. The molecule has 4 nitrogen and oxygen atoms in total. The van der Waals surface area contributed by atoms with Gasteiger partial charge < -0.3 is 9.47 Å². The summed E-state index contributed by atoms with van der Waals surface area (Å²) < 4.78 is 2.17. The average Bonchev–Trinajstić information content (AvgIpc) is 2.62. The molecule has 1 aromatic heterocycles. The third kappa shape index (κ3) is 3.34. The van der Waals surface area contributed by atoms with E-state index in [9.17, 15) is 4.79 Å². The first-order valence-corrected chi connectivity index (χ1v) is 6.93. The molecule has 0 saturated carbocycles. The molecule has 0 bridgehead atoms. The Labute approximate surface area is 109 Å². The van der Waals surface area contributed by atoms with Gasteiger partial charge in [-0.05, 0) is 18.8 Å². The summed E-state index contributed by atoms with van der Waals surface area (Å²) in [4.78, 5) is 18.2. The molecule has 1 saturated heterocycles. The Morgan fingerprint density at radius 2 is 2.17 bits per heavy atom. The van der Waals surface area contributed by atoms with Crippen LogP contribution in [0.1, 0.15) is 45.2 Å². The Bertz CT molecular complexity index is 397. The van der Waals surface area contributed by atoms with Crippen molar-refractivity contribution in [3.63, 3.8) is 0 Å². The maximum Gasteiger partial charge on any atom is 0.222 e. The molecule has 0 atom stereocenters. The summed E-state index contributed by atoms with van der Waals surface area (Å²) in [5.41, 5.74) is 1.15. The molecule has 1 aliphatic rings. The summed E-state index contributed by atoms with van der Waals surface area (Å²) in [5, 5.41) is 0. The van der Waals surface area contributed by atoms with E-state index in [0.29, 0.717) is 24.8 Å². The topological polar surface area (TPSA) is 38.1 Å². The molecule has 0 aliphatic carbocycles. The number of carbonyl (C=O) groups excluding carboxylic acids is 1. The van der Waals surface area contributed by atoms with E-state index in [0.717, 1.165) is 31.6 Å². The lowest BCUT2D eigenvalue weighted by Crippen LogP contribution is -2.30. The molecular formula is C14H23N3O. The summed E-state index contributed by atoms with van der Waals surface area (Å²) >= 11 is 0. The fourth-order valence-electron chi connectivity index (χ4n) is 2.44. The minimum Gasteiger partial charge on any atom is -0.337 e. The van der Waals surface area contributed by atoms with Crippen LogP contribution in [-0.4, -0.2) is 26.9 Å². The van der Waals surface area contributed by atoms with Gasteiger partial charge in [-0.3, -0.25) is 4.79 Å². The SMILES string of the molecule is CC(C)Cn1cncc1CN1CCCCCC1=O. The number of aromatic nitrogens is 2. The van der Waals surface area contributed by atoms with Crippen LogP contribution in [0.25, 0.3) is 0 Å². The quantitative estimate of drug-likeness (QED) is 0.822. The van der Waals surface area contributed by atoms with Crippen LogP contribution in [0.5, 0.6) is 0 Å². The zero-order valence-corrected chi connectivity index (χ0v) is 11.4. The predicted molar refractivity (Wildman–Crippen MR) is 71.0 cm³/mol. The minimum absolute atomic E-state index is 0.296. The third-order valence-electron chi connectivity index (χ3n) is 3.38. The zero-order valence-electron chi connectivity index (χ0n) is 11.4. The molecule has 1 amide bonds. The smallest absolute Gasteiger partial charge is 0.222 e. The summed E-state index contributed by atoms with van der Waals surface area (Å²) in [6, 6.07) is 0. The predicted octanol–water partition coefficient (Wildman–Crippen LogP) is 2.44. The van der Waals surface area contributed by atoms with Gasteiger partial charge in [0.2, 0.25) is 5.91 Å². The van der Waals surface area contributed by atoms with E-state index in [2.05, 4.69) is 23.4 Å². The number of hydrogen-bond acceptors (Lipinski definition) is 2. The van der Waals surface area contributed by atoms with Gasteiger partial charge in [-0.15, -0.1) is 0 Å². The van der Waals surface area contributed by atoms with E-state index in [1.165, 1.54) is 6.42 Å². The summed E-state index contributed by atoms with van der Waals surface area (Å²) in [7, 11) is 0. The molecule has 0 radical (unpaired) electrons. The summed E-state index contributed by atoms with van der Waals surface area (Å²) in [5.74, 6) is 0.891. The molecule has 1 aliphatic heterocycles. The molecule has 18 heavy (non-hydrogen) atoms. The van der Waals surface area contributed by atoms with Crippen LogP contribution in [0.15, 0.2) is 12.5 Å².